The van der Waals surface area contributed by atoms with Crippen molar-refractivity contribution in [3.05, 3.63) is 52.4 Å². The molecular formula is C30H36ClFN6O. The number of nitrogens with zero attached hydrogens (tertiary/aromatic N) is 5. The van der Waals surface area contributed by atoms with E-state index in [1.807, 2.05) is 18.2 Å². The van der Waals surface area contributed by atoms with E-state index in [1.54, 1.807) is 6.07 Å². The first-order valence-corrected chi connectivity index (χ1v) is 14.7. The van der Waals surface area contributed by atoms with Crippen molar-refractivity contribution in [2.45, 2.75) is 50.7 Å². The van der Waals surface area contributed by atoms with Gasteiger partial charge in [-0.2, -0.15) is 9.97 Å². The first-order valence-electron chi connectivity index (χ1n) is 14.4. The molecule has 7 nitrogen and oxygen atoms in total. The van der Waals surface area contributed by atoms with Crippen molar-refractivity contribution < 1.29 is 9.13 Å². The summed E-state index contributed by atoms with van der Waals surface area (Å²) in [5.74, 6) is 1.39. The Morgan fingerprint density at radius 1 is 1.10 bits per heavy atom. The number of benzene rings is 2. The average Bonchev–Trinajstić information content (AvgIpc) is 3.52. The van der Waals surface area contributed by atoms with Gasteiger partial charge >= 0.3 is 6.01 Å². The largest absolute Gasteiger partial charge is 0.462 e. The number of anilines is 2. The summed E-state index contributed by atoms with van der Waals surface area (Å²) in [6.07, 6.45) is 5.58. The van der Waals surface area contributed by atoms with Crippen LogP contribution in [0.5, 0.6) is 6.01 Å². The van der Waals surface area contributed by atoms with E-state index < -0.39 is 5.82 Å². The van der Waals surface area contributed by atoms with Gasteiger partial charge in [-0.1, -0.05) is 29.8 Å². The molecule has 3 saturated heterocycles. The summed E-state index contributed by atoms with van der Waals surface area (Å²) in [6, 6.07) is 10.6. The lowest BCUT2D eigenvalue weighted by Gasteiger charge is -2.35. The highest BCUT2D eigenvalue weighted by Gasteiger charge is 2.33. The molecule has 0 amide bonds. The smallest absolute Gasteiger partial charge is 0.318 e. The number of fused-ring (bicyclic) bond motifs is 4. The van der Waals surface area contributed by atoms with E-state index in [0.717, 1.165) is 79.5 Å². The molecule has 3 aromatic rings. The van der Waals surface area contributed by atoms with Crippen LogP contribution >= 0.6 is 11.6 Å². The third-order valence-electron chi connectivity index (χ3n) is 9.21. The van der Waals surface area contributed by atoms with Gasteiger partial charge in [-0.05, 0) is 75.7 Å². The molecule has 0 spiro atoms. The van der Waals surface area contributed by atoms with E-state index in [-0.39, 0.29) is 5.02 Å². The maximum absolute atomic E-state index is 14.5. The average molecular weight is 551 g/mol. The molecule has 2 aromatic carbocycles. The zero-order valence-electron chi connectivity index (χ0n) is 22.5. The predicted molar refractivity (Wildman–Crippen MR) is 154 cm³/mol. The van der Waals surface area contributed by atoms with Gasteiger partial charge < -0.3 is 24.8 Å². The Labute approximate surface area is 234 Å². The van der Waals surface area contributed by atoms with Crippen LogP contribution < -0.4 is 19.9 Å². The first kappa shape index (κ1) is 25.3. The molecule has 2 bridgehead atoms. The van der Waals surface area contributed by atoms with Crippen LogP contribution in [0.25, 0.3) is 10.8 Å². The SMILES string of the molecule is CN1CCC[C@H]1COc1nc2c(c(N3CCC4CNC(C4)C3)n1)CCN(c1cccc3ccc(F)c(Cl)c13)C2. The molecule has 7 rings (SSSR count). The van der Waals surface area contributed by atoms with E-state index in [9.17, 15) is 4.39 Å². The molecule has 3 fully saturated rings. The summed E-state index contributed by atoms with van der Waals surface area (Å²) in [5.41, 5.74) is 3.15. The Hall–Kier alpha value is -2.68. The van der Waals surface area contributed by atoms with Crippen LogP contribution in [0.4, 0.5) is 15.9 Å². The molecule has 39 heavy (non-hydrogen) atoms. The number of halogens is 2. The van der Waals surface area contributed by atoms with Crippen molar-refractivity contribution >= 4 is 33.9 Å². The molecular weight excluding hydrogens is 515 g/mol. The Morgan fingerprint density at radius 3 is 2.90 bits per heavy atom. The van der Waals surface area contributed by atoms with Crippen molar-refractivity contribution in [1.82, 2.24) is 20.2 Å². The van der Waals surface area contributed by atoms with Crippen molar-refractivity contribution in [3.8, 4) is 6.01 Å². The molecule has 3 atom stereocenters. The highest BCUT2D eigenvalue weighted by atomic mass is 35.5. The highest BCUT2D eigenvalue weighted by molar-refractivity contribution is 6.36. The molecule has 4 aliphatic rings. The van der Waals surface area contributed by atoms with Gasteiger partial charge in [0, 0.05) is 48.4 Å². The maximum atomic E-state index is 14.5. The summed E-state index contributed by atoms with van der Waals surface area (Å²) in [7, 11) is 2.16. The van der Waals surface area contributed by atoms with E-state index in [2.05, 4.69) is 27.1 Å². The van der Waals surface area contributed by atoms with Crippen LogP contribution in [0.1, 0.15) is 36.9 Å². The van der Waals surface area contributed by atoms with Crippen molar-refractivity contribution in [2.24, 2.45) is 5.92 Å². The fourth-order valence-electron chi connectivity index (χ4n) is 6.98. The number of likely N-dealkylation sites (N-methyl/N-ethyl adjacent to an activating group) is 1. The van der Waals surface area contributed by atoms with Gasteiger partial charge in [-0.15, -0.1) is 0 Å². The summed E-state index contributed by atoms with van der Waals surface area (Å²) < 4.78 is 20.8. The Morgan fingerprint density at radius 2 is 2.03 bits per heavy atom. The number of hydrogen-bond donors (Lipinski definition) is 1. The zero-order valence-corrected chi connectivity index (χ0v) is 23.3. The molecule has 5 heterocycles. The van der Waals surface area contributed by atoms with Crippen molar-refractivity contribution in [3.63, 3.8) is 0 Å². The number of nitrogens with one attached hydrogen (secondary N) is 1. The summed E-state index contributed by atoms with van der Waals surface area (Å²) >= 11 is 6.50. The number of hydrogen-bond acceptors (Lipinski definition) is 7. The number of aromatic nitrogens is 2. The monoisotopic (exact) mass is 550 g/mol. The van der Waals surface area contributed by atoms with E-state index in [1.165, 1.54) is 30.9 Å². The zero-order chi connectivity index (χ0) is 26.5. The van der Waals surface area contributed by atoms with Gasteiger partial charge in [0.2, 0.25) is 0 Å². The molecule has 0 radical (unpaired) electrons. The number of rotatable bonds is 5. The molecule has 4 aliphatic heterocycles. The molecule has 9 heteroatoms. The minimum Gasteiger partial charge on any atom is -0.462 e. The molecule has 1 aromatic heterocycles. The van der Waals surface area contributed by atoms with E-state index in [4.69, 9.17) is 26.3 Å². The summed E-state index contributed by atoms with van der Waals surface area (Å²) in [6.45, 7) is 6.22. The van der Waals surface area contributed by atoms with Crippen LogP contribution in [0.15, 0.2) is 30.3 Å². The van der Waals surface area contributed by atoms with Gasteiger partial charge in [-0.25, -0.2) is 4.39 Å². The summed E-state index contributed by atoms with van der Waals surface area (Å²) in [4.78, 5) is 17.1. The third-order valence-corrected chi connectivity index (χ3v) is 9.58. The van der Waals surface area contributed by atoms with Crippen molar-refractivity contribution in [1.29, 1.82) is 0 Å². The lowest BCUT2D eigenvalue weighted by molar-refractivity contribution is 0.187. The highest BCUT2D eigenvalue weighted by Crippen LogP contribution is 2.38. The standard InChI is InChI=1S/C30H36ClFN6O/c1-36-11-3-5-22(36)18-39-30-34-25-17-37(26-6-2-4-20-7-8-24(32)28(31)27(20)26)13-10-23(25)29(35-30)38-12-9-19-14-21(16-38)33-15-19/h2,4,6-8,19,21-22,33H,3,5,9-18H2,1H3/t19?,21?,22-/m0/s1. The van der Waals surface area contributed by atoms with Gasteiger partial charge in [0.05, 0.1) is 17.3 Å². The molecule has 0 saturated carbocycles. The lowest BCUT2D eigenvalue weighted by atomic mass is 10.0. The Balaban J connectivity index is 1.24. The minimum absolute atomic E-state index is 0.175. The number of ether oxygens (including phenoxy) is 1. The topological polar surface area (TPSA) is 56.8 Å². The Kier molecular flexibility index (Phi) is 6.73. The molecule has 0 aliphatic carbocycles. The molecule has 206 valence electrons. The quantitative estimate of drug-likeness (QED) is 0.496. The predicted octanol–water partition coefficient (Wildman–Crippen LogP) is 4.65. The summed E-state index contributed by atoms with van der Waals surface area (Å²) in [5, 5.41) is 5.57. The Bertz CT molecular complexity index is 1390. The van der Waals surface area contributed by atoms with Gasteiger partial charge in [0.15, 0.2) is 0 Å². The fraction of sp³-hybridized carbons (Fsp3) is 0.533. The maximum Gasteiger partial charge on any atom is 0.318 e. The van der Waals surface area contributed by atoms with Crippen LogP contribution in [0, 0.1) is 11.7 Å². The van der Waals surface area contributed by atoms with Crippen LogP contribution in [-0.2, 0) is 13.0 Å². The van der Waals surface area contributed by atoms with Crippen LogP contribution in [0.3, 0.4) is 0 Å². The van der Waals surface area contributed by atoms with Crippen molar-refractivity contribution in [2.75, 3.05) is 56.2 Å². The van der Waals surface area contributed by atoms with Crippen LogP contribution in [0.2, 0.25) is 5.02 Å². The second-order valence-corrected chi connectivity index (χ2v) is 12.1. The van der Waals surface area contributed by atoms with Crippen LogP contribution in [-0.4, -0.2) is 73.3 Å². The molecule has 1 N–H and O–H groups in total. The minimum atomic E-state index is -0.393. The second kappa shape index (κ2) is 10.4. The van der Waals surface area contributed by atoms with Gasteiger partial charge in [0.1, 0.15) is 18.2 Å². The molecule has 2 unspecified atom stereocenters. The third kappa shape index (κ3) is 4.81. The first-order chi connectivity index (χ1) is 19.0. The normalized spacial score (nSPS) is 25.3. The fourth-order valence-corrected chi connectivity index (χ4v) is 7.25. The number of likely N-dealkylation sites (tertiary alicyclic amines) is 1. The lowest BCUT2D eigenvalue weighted by Crippen LogP contribution is -2.41. The second-order valence-electron chi connectivity index (χ2n) is 11.7. The van der Waals surface area contributed by atoms with Gasteiger partial charge in [-0.3, -0.25) is 0 Å². The van der Waals surface area contributed by atoms with Gasteiger partial charge in [0.25, 0.3) is 0 Å². The van der Waals surface area contributed by atoms with E-state index in [0.29, 0.717) is 31.2 Å². The van der Waals surface area contributed by atoms with E-state index >= 15 is 0 Å².